The minimum atomic E-state index is -0.579. The molecule has 0 aromatic heterocycles. The van der Waals surface area contributed by atoms with Gasteiger partial charge in [0.15, 0.2) is 6.10 Å². The van der Waals surface area contributed by atoms with Crippen molar-refractivity contribution < 1.29 is 14.3 Å². The summed E-state index contributed by atoms with van der Waals surface area (Å²) in [5, 5.41) is 2.02. The zero-order chi connectivity index (χ0) is 23.4. The van der Waals surface area contributed by atoms with E-state index in [1.807, 2.05) is 83.5 Å². The maximum atomic E-state index is 13.3. The number of benzene rings is 3. The number of nitrogens with zero attached hydrogens (tertiary/aromatic N) is 2. The number of para-hydroxylation sites is 1. The Morgan fingerprint density at radius 1 is 0.788 bits per heavy atom. The van der Waals surface area contributed by atoms with E-state index in [1.165, 1.54) is 0 Å². The molecule has 5 nitrogen and oxygen atoms in total. The molecule has 1 atom stereocenters. The van der Waals surface area contributed by atoms with Gasteiger partial charge < -0.3 is 14.5 Å². The first-order chi connectivity index (χ1) is 16.0. The summed E-state index contributed by atoms with van der Waals surface area (Å²) in [4.78, 5) is 30.2. The van der Waals surface area contributed by atoms with Crippen LogP contribution in [0.15, 0.2) is 66.7 Å². The van der Waals surface area contributed by atoms with Crippen molar-refractivity contribution in [1.29, 1.82) is 0 Å². The minimum Gasteiger partial charge on any atom is -0.481 e. The standard InChI is InChI=1S/C28H32N2O3/c1-20(2)23-12-6-7-15-26(23)33-21(3)27(31)29-16-9-17-30(19-18-29)28(32)25-14-8-11-22-10-4-5-13-24(22)25/h4-8,10-15,20-21H,9,16-19H2,1-3H3. The van der Waals surface area contributed by atoms with Crippen molar-refractivity contribution in [3.8, 4) is 5.75 Å². The third-order valence-electron chi connectivity index (χ3n) is 6.31. The van der Waals surface area contributed by atoms with Gasteiger partial charge in [-0.25, -0.2) is 0 Å². The first kappa shape index (κ1) is 22.8. The van der Waals surface area contributed by atoms with E-state index in [2.05, 4.69) is 13.8 Å². The van der Waals surface area contributed by atoms with Crippen LogP contribution in [0.2, 0.25) is 0 Å². The summed E-state index contributed by atoms with van der Waals surface area (Å²) in [5.74, 6) is 1.07. The van der Waals surface area contributed by atoms with Gasteiger partial charge in [0.25, 0.3) is 11.8 Å². The van der Waals surface area contributed by atoms with Crippen LogP contribution in [0.3, 0.4) is 0 Å². The molecule has 5 heteroatoms. The van der Waals surface area contributed by atoms with E-state index in [0.29, 0.717) is 32.1 Å². The summed E-state index contributed by atoms with van der Waals surface area (Å²) < 4.78 is 6.08. The molecule has 4 rings (SSSR count). The van der Waals surface area contributed by atoms with Crippen LogP contribution in [0.5, 0.6) is 5.75 Å². The first-order valence-electron chi connectivity index (χ1n) is 11.8. The Bertz CT molecular complexity index is 1140. The van der Waals surface area contributed by atoms with E-state index in [-0.39, 0.29) is 11.8 Å². The molecule has 0 saturated carbocycles. The van der Waals surface area contributed by atoms with E-state index >= 15 is 0 Å². The van der Waals surface area contributed by atoms with Gasteiger partial charge in [-0.1, -0.05) is 68.4 Å². The first-order valence-corrected chi connectivity index (χ1v) is 11.8. The molecule has 0 N–H and O–H groups in total. The molecule has 1 aliphatic heterocycles. The second-order valence-electron chi connectivity index (χ2n) is 8.95. The van der Waals surface area contributed by atoms with Crippen molar-refractivity contribution in [3.05, 3.63) is 77.9 Å². The second kappa shape index (κ2) is 10.1. The maximum absolute atomic E-state index is 13.3. The van der Waals surface area contributed by atoms with Crippen molar-refractivity contribution in [1.82, 2.24) is 9.80 Å². The topological polar surface area (TPSA) is 49.9 Å². The van der Waals surface area contributed by atoms with Crippen molar-refractivity contribution in [2.24, 2.45) is 0 Å². The Balaban J connectivity index is 1.42. The molecule has 1 aliphatic rings. The van der Waals surface area contributed by atoms with Gasteiger partial charge in [-0.05, 0) is 47.7 Å². The summed E-state index contributed by atoms with van der Waals surface area (Å²) in [6, 6.07) is 21.7. The minimum absolute atomic E-state index is 0.0243. The van der Waals surface area contributed by atoms with Crippen molar-refractivity contribution in [3.63, 3.8) is 0 Å². The van der Waals surface area contributed by atoms with Gasteiger partial charge in [-0.2, -0.15) is 0 Å². The smallest absolute Gasteiger partial charge is 0.263 e. The van der Waals surface area contributed by atoms with Gasteiger partial charge in [0, 0.05) is 31.7 Å². The van der Waals surface area contributed by atoms with Crippen LogP contribution in [-0.4, -0.2) is 53.9 Å². The lowest BCUT2D eigenvalue weighted by Gasteiger charge is -2.26. The van der Waals surface area contributed by atoms with E-state index in [9.17, 15) is 9.59 Å². The molecule has 1 unspecified atom stereocenters. The number of ether oxygens (including phenoxy) is 1. The summed E-state index contributed by atoms with van der Waals surface area (Å²) in [7, 11) is 0. The number of hydrogen-bond donors (Lipinski definition) is 0. The van der Waals surface area contributed by atoms with Gasteiger partial charge in [0.2, 0.25) is 0 Å². The van der Waals surface area contributed by atoms with Crippen molar-refractivity contribution >= 4 is 22.6 Å². The third-order valence-corrected chi connectivity index (χ3v) is 6.31. The van der Waals surface area contributed by atoms with Crippen LogP contribution in [-0.2, 0) is 4.79 Å². The molecular formula is C28H32N2O3. The van der Waals surface area contributed by atoms with Crippen LogP contribution >= 0.6 is 0 Å². The molecule has 1 fully saturated rings. The van der Waals surface area contributed by atoms with Gasteiger partial charge in [0.1, 0.15) is 5.75 Å². The largest absolute Gasteiger partial charge is 0.481 e. The van der Waals surface area contributed by atoms with Gasteiger partial charge in [0.05, 0.1) is 0 Å². The molecule has 1 saturated heterocycles. The average molecular weight is 445 g/mol. The predicted molar refractivity (Wildman–Crippen MR) is 132 cm³/mol. The van der Waals surface area contributed by atoms with Crippen LogP contribution in [0, 0.1) is 0 Å². The maximum Gasteiger partial charge on any atom is 0.263 e. The Kier molecular flexibility index (Phi) is 6.97. The van der Waals surface area contributed by atoms with Crippen LogP contribution in [0.25, 0.3) is 10.8 Å². The zero-order valence-electron chi connectivity index (χ0n) is 19.7. The fourth-order valence-corrected chi connectivity index (χ4v) is 4.49. The molecule has 0 aliphatic carbocycles. The molecule has 3 aromatic carbocycles. The summed E-state index contributed by atoms with van der Waals surface area (Å²) >= 11 is 0. The summed E-state index contributed by atoms with van der Waals surface area (Å²) in [6.07, 6.45) is 0.169. The van der Waals surface area contributed by atoms with Crippen LogP contribution in [0.1, 0.15) is 49.0 Å². The van der Waals surface area contributed by atoms with Crippen molar-refractivity contribution in [2.75, 3.05) is 26.2 Å². The number of carbonyl (C=O) groups excluding carboxylic acids is 2. The third kappa shape index (κ3) is 5.03. The molecule has 33 heavy (non-hydrogen) atoms. The zero-order valence-corrected chi connectivity index (χ0v) is 19.7. The fourth-order valence-electron chi connectivity index (χ4n) is 4.49. The van der Waals surface area contributed by atoms with Crippen molar-refractivity contribution in [2.45, 2.75) is 39.2 Å². The molecule has 2 amide bonds. The monoisotopic (exact) mass is 444 g/mol. The molecular weight excluding hydrogens is 412 g/mol. The van der Waals surface area contributed by atoms with E-state index < -0.39 is 6.10 Å². The lowest BCUT2D eigenvalue weighted by atomic mass is 10.0. The molecule has 172 valence electrons. The Labute approximate surface area is 195 Å². The lowest BCUT2D eigenvalue weighted by Crippen LogP contribution is -2.43. The average Bonchev–Trinajstić information content (AvgIpc) is 3.09. The number of amides is 2. The van der Waals surface area contributed by atoms with Gasteiger partial charge >= 0.3 is 0 Å². The second-order valence-corrected chi connectivity index (χ2v) is 8.95. The molecule has 3 aromatic rings. The highest BCUT2D eigenvalue weighted by Gasteiger charge is 2.27. The summed E-state index contributed by atoms with van der Waals surface area (Å²) in [6.45, 7) is 8.33. The van der Waals surface area contributed by atoms with E-state index in [1.54, 1.807) is 0 Å². The van der Waals surface area contributed by atoms with Crippen LogP contribution < -0.4 is 4.74 Å². The highest BCUT2D eigenvalue weighted by Crippen LogP contribution is 2.27. The van der Waals surface area contributed by atoms with Gasteiger partial charge in [-0.15, -0.1) is 0 Å². The molecule has 0 radical (unpaired) electrons. The quantitative estimate of drug-likeness (QED) is 0.550. The highest BCUT2D eigenvalue weighted by atomic mass is 16.5. The molecule has 1 heterocycles. The lowest BCUT2D eigenvalue weighted by molar-refractivity contribution is -0.137. The highest BCUT2D eigenvalue weighted by molar-refractivity contribution is 6.07. The number of fused-ring (bicyclic) bond motifs is 1. The summed E-state index contributed by atoms with van der Waals surface area (Å²) in [5.41, 5.74) is 1.81. The predicted octanol–water partition coefficient (Wildman–Crippen LogP) is 5.11. The normalized spacial score (nSPS) is 15.4. The fraction of sp³-hybridized carbons (Fsp3) is 0.357. The molecule has 0 bridgehead atoms. The Morgan fingerprint density at radius 3 is 2.27 bits per heavy atom. The van der Waals surface area contributed by atoms with E-state index in [4.69, 9.17) is 4.74 Å². The number of hydrogen-bond acceptors (Lipinski definition) is 3. The molecule has 0 spiro atoms. The SMILES string of the molecule is CC(Oc1ccccc1C(C)C)C(=O)N1CCCN(C(=O)c2cccc3ccccc23)CC1. The number of rotatable bonds is 5. The Morgan fingerprint density at radius 2 is 1.45 bits per heavy atom. The number of carbonyl (C=O) groups is 2. The Hall–Kier alpha value is -3.34. The van der Waals surface area contributed by atoms with E-state index in [0.717, 1.165) is 34.1 Å². The van der Waals surface area contributed by atoms with Crippen LogP contribution in [0.4, 0.5) is 0 Å². The van der Waals surface area contributed by atoms with Gasteiger partial charge in [-0.3, -0.25) is 9.59 Å².